The molecule has 1 aromatic rings. The Morgan fingerprint density at radius 2 is 1.86 bits per heavy atom. The minimum Gasteiger partial charge on any atom is -0.768 e. The SMILES string of the molecule is CCCCc1ccc(S(=O)[O-])cc1.[Na+]. The van der Waals surface area contributed by atoms with Gasteiger partial charge in [0.05, 0.1) is 0 Å². The van der Waals surface area contributed by atoms with E-state index in [2.05, 4.69) is 6.92 Å². The fraction of sp³-hybridized carbons (Fsp3) is 0.400. The zero-order valence-corrected chi connectivity index (χ0v) is 11.5. The summed E-state index contributed by atoms with van der Waals surface area (Å²) in [5.41, 5.74) is 1.20. The molecule has 0 saturated carbocycles. The van der Waals surface area contributed by atoms with Crippen molar-refractivity contribution in [3.8, 4) is 0 Å². The van der Waals surface area contributed by atoms with Crippen molar-refractivity contribution in [1.82, 2.24) is 0 Å². The zero-order valence-electron chi connectivity index (χ0n) is 8.66. The van der Waals surface area contributed by atoms with E-state index in [-0.39, 0.29) is 29.6 Å². The summed E-state index contributed by atoms with van der Waals surface area (Å²) in [7, 11) is 0. The maximum absolute atomic E-state index is 10.5. The van der Waals surface area contributed by atoms with E-state index in [1.165, 1.54) is 5.56 Å². The standard InChI is InChI=1S/C10H14O2S.Na/c1-2-3-4-9-5-7-10(8-6-9)13(11)12;/h5-8H,2-4H2,1H3,(H,11,12);/q;+1/p-1. The molecule has 1 atom stereocenters. The summed E-state index contributed by atoms with van der Waals surface area (Å²) in [5, 5.41) is 0. The summed E-state index contributed by atoms with van der Waals surface area (Å²) in [6.45, 7) is 2.14. The molecular formula is C10H13NaO2S. The summed E-state index contributed by atoms with van der Waals surface area (Å²) in [5.74, 6) is 0. The van der Waals surface area contributed by atoms with Crippen molar-refractivity contribution >= 4 is 11.1 Å². The van der Waals surface area contributed by atoms with Gasteiger partial charge in [0.2, 0.25) is 0 Å². The normalized spacial score (nSPS) is 11.9. The van der Waals surface area contributed by atoms with E-state index in [9.17, 15) is 8.76 Å². The Morgan fingerprint density at radius 1 is 1.29 bits per heavy atom. The van der Waals surface area contributed by atoms with Crippen LogP contribution in [0.3, 0.4) is 0 Å². The molecule has 0 N–H and O–H groups in total. The first-order chi connectivity index (χ1) is 6.24. The van der Waals surface area contributed by atoms with E-state index in [1.54, 1.807) is 12.1 Å². The summed E-state index contributed by atoms with van der Waals surface area (Å²) in [4.78, 5) is 0.361. The Morgan fingerprint density at radius 3 is 2.29 bits per heavy atom. The molecule has 1 rings (SSSR count). The Kier molecular flexibility index (Phi) is 7.78. The van der Waals surface area contributed by atoms with Gasteiger partial charge in [0, 0.05) is 4.90 Å². The average Bonchev–Trinajstić information content (AvgIpc) is 2.15. The van der Waals surface area contributed by atoms with Crippen molar-refractivity contribution in [2.45, 2.75) is 31.1 Å². The monoisotopic (exact) mass is 220 g/mol. The Hall–Kier alpha value is 0.330. The predicted molar refractivity (Wildman–Crippen MR) is 52.2 cm³/mol. The first-order valence-corrected chi connectivity index (χ1v) is 5.49. The quantitative estimate of drug-likeness (QED) is 0.496. The average molecular weight is 220 g/mol. The van der Waals surface area contributed by atoms with Crippen molar-refractivity contribution < 1.29 is 38.3 Å². The van der Waals surface area contributed by atoms with Crippen molar-refractivity contribution in [3.63, 3.8) is 0 Å². The van der Waals surface area contributed by atoms with Gasteiger partial charge in [-0.2, -0.15) is 0 Å². The molecule has 1 unspecified atom stereocenters. The Bertz CT molecular complexity index is 285. The van der Waals surface area contributed by atoms with Crippen molar-refractivity contribution in [3.05, 3.63) is 29.8 Å². The first-order valence-electron chi connectivity index (χ1n) is 4.42. The van der Waals surface area contributed by atoms with Gasteiger partial charge >= 0.3 is 29.6 Å². The van der Waals surface area contributed by atoms with E-state index in [1.807, 2.05) is 12.1 Å². The molecule has 0 spiro atoms. The molecule has 4 heteroatoms. The fourth-order valence-electron chi connectivity index (χ4n) is 1.15. The molecule has 72 valence electrons. The molecule has 0 aliphatic carbocycles. The van der Waals surface area contributed by atoms with Crippen LogP contribution in [-0.2, 0) is 17.5 Å². The molecule has 0 aliphatic rings. The maximum Gasteiger partial charge on any atom is 1.00 e. The first kappa shape index (κ1) is 14.3. The molecule has 0 aromatic heterocycles. The molecule has 0 amide bonds. The number of benzene rings is 1. The van der Waals surface area contributed by atoms with Gasteiger partial charge in [-0.05, 0) is 41.6 Å². The minimum atomic E-state index is -2.09. The molecule has 0 bridgehead atoms. The second-order valence-electron chi connectivity index (χ2n) is 2.98. The summed E-state index contributed by atoms with van der Waals surface area (Å²) in [6, 6.07) is 7.05. The summed E-state index contributed by atoms with van der Waals surface area (Å²) in [6.07, 6.45) is 3.34. The molecule has 2 nitrogen and oxygen atoms in total. The molecule has 0 saturated heterocycles. The molecule has 0 heterocycles. The number of aryl methyl sites for hydroxylation is 1. The smallest absolute Gasteiger partial charge is 0.768 e. The van der Waals surface area contributed by atoms with E-state index in [0.29, 0.717) is 4.90 Å². The van der Waals surface area contributed by atoms with Crippen LogP contribution < -0.4 is 29.6 Å². The van der Waals surface area contributed by atoms with Crippen molar-refractivity contribution in [2.75, 3.05) is 0 Å². The molecule has 0 aliphatic heterocycles. The van der Waals surface area contributed by atoms with Crippen LogP contribution in [0.1, 0.15) is 25.3 Å². The summed E-state index contributed by atoms with van der Waals surface area (Å²) >= 11 is -2.09. The Labute approximate surface area is 110 Å². The number of rotatable bonds is 4. The second-order valence-corrected chi connectivity index (χ2v) is 3.92. The predicted octanol–water partition coefficient (Wildman–Crippen LogP) is -0.729. The number of hydrogen-bond donors (Lipinski definition) is 0. The van der Waals surface area contributed by atoms with Crippen molar-refractivity contribution in [1.29, 1.82) is 0 Å². The molecule has 0 fully saturated rings. The van der Waals surface area contributed by atoms with Crippen LogP contribution in [-0.4, -0.2) is 8.76 Å². The van der Waals surface area contributed by atoms with Crippen molar-refractivity contribution in [2.24, 2.45) is 0 Å². The molecule has 1 aromatic carbocycles. The van der Waals surface area contributed by atoms with E-state index in [4.69, 9.17) is 0 Å². The third kappa shape index (κ3) is 4.71. The van der Waals surface area contributed by atoms with Gasteiger partial charge in [-0.1, -0.05) is 25.5 Å². The van der Waals surface area contributed by atoms with Gasteiger partial charge in [-0.15, -0.1) is 0 Å². The summed E-state index contributed by atoms with van der Waals surface area (Å²) < 4.78 is 21.1. The minimum absolute atomic E-state index is 0. The number of unbranched alkanes of at least 4 members (excludes halogenated alkanes) is 1. The Balaban J connectivity index is 0.00000169. The fourth-order valence-corrected chi connectivity index (χ4v) is 1.51. The topological polar surface area (TPSA) is 40.1 Å². The maximum atomic E-state index is 10.5. The largest absolute Gasteiger partial charge is 1.00 e. The van der Waals surface area contributed by atoms with Gasteiger partial charge < -0.3 is 4.55 Å². The molecule has 14 heavy (non-hydrogen) atoms. The van der Waals surface area contributed by atoms with Crippen LogP contribution in [0, 0.1) is 0 Å². The van der Waals surface area contributed by atoms with Crippen LogP contribution in [0.15, 0.2) is 29.2 Å². The van der Waals surface area contributed by atoms with Gasteiger partial charge in [-0.3, -0.25) is 4.21 Å². The molecule has 0 radical (unpaired) electrons. The van der Waals surface area contributed by atoms with Crippen LogP contribution in [0.2, 0.25) is 0 Å². The third-order valence-electron chi connectivity index (χ3n) is 1.93. The van der Waals surface area contributed by atoms with E-state index < -0.39 is 11.1 Å². The molecular weight excluding hydrogens is 207 g/mol. The number of hydrogen-bond acceptors (Lipinski definition) is 2. The van der Waals surface area contributed by atoms with E-state index in [0.717, 1.165) is 19.3 Å². The van der Waals surface area contributed by atoms with Gasteiger partial charge in [0.25, 0.3) is 0 Å². The van der Waals surface area contributed by atoms with Crippen LogP contribution in [0.4, 0.5) is 0 Å². The van der Waals surface area contributed by atoms with E-state index >= 15 is 0 Å². The van der Waals surface area contributed by atoms with Crippen LogP contribution in [0.25, 0.3) is 0 Å². The second kappa shape index (κ2) is 7.60. The van der Waals surface area contributed by atoms with Gasteiger partial charge in [-0.25, -0.2) is 0 Å². The third-order valence-corrected chi connectivity index (χ3v) is 2.59. The van der Waals surface area contributed by atoms with Gasteiger partial charge in [0.1, 0.15) is 0 Å². The van der Waals surface area contributed by atoms with Crippen LogP contribution in [0.5, 0.6) is 0 Å². The van der Waals surface area contributed by atoms with Crippen LogP contribution >= 0.6 is 0 Å². The van der Waals surface area contributed by atoms with Gasteiger partial charge in [0.15, 0.2) is 0 Å². The zero-order chi connectivity index (χ0) is 9.68.